The highest BCUT2D eigenvalue weighted by Crippen LogP contribution is 2.45. The van der Waals surface area contributed by atoms with E-state index < -0.39 is 6.36 Å². The summed E-state index contributed by atoms with van der Waals surface area (Å²) >= 11 is 0. The zero-order valence-electron chi connectivity index (χ0n) is 12.7. The third-order valence-corrected chi connectivity index (χ3v) is 3.33. The van der Waals surface area contributed by atoms with Crippen LogP contribution in [0.25, 0.3) is 0 Å². The van der Waals surface area contributed by atoms with E-state index >= 15 is 0 Å². The van der Waals surface area contributed by atoms with E-state index in [2.05, 4.69) is 26.3 Å². The average Bonchev–Trinajstić information content (AvgIpc) is 3.23. The van der Waals surface area contributed by atoms with Gasteiger partial charge in [0.25, 0.3) is 0 Å². The molecule has 23 heavy (non-hydrogen) atoms. The van der Waals surface area contributed by atoms with Crippen molar-refractivity contribution < 1.29 is 17.9 Å². The smallest absolute Gasteiger partial charge is 0.405 e. The zero-order chi connectivity index (χ0) is 16.9. The molecule has 0 saturated heterocycles. The Morgan fingerprint density at radius 2 is 2.17 bits per heavy atom. The van der Waals surface area contributed by atoms with Gasteiger partial charge in [-0.3, -0.25) is 0 Å². The van der Waals surface area contributed by atoms with E-state index in [0.717, 1.165) is 0 Å². The van der Waals surface area contributed by atoms with Crippen LogP contribution in [-0.4, -0.2) is 31.5 Å². The van der Waals surface area contributed by atoms with Gasteiger partial charge in [-0.25, -0.2) is 4.99 Å². The molecule has 0 amide bonds. The molecule has 1 fully saturated rings. The fourth-order valence-electron chi connectivity index (χ4n) is 2.32. The standard InChI is InChI=1S/C16H18F3N3O/c1-3-9-21-15(20-4-2)22-13-10-12(13)11-7-5-6-8-14(11)23-16(17,18)19/h1,5-8,12-13H,4,9-10H2,2H3,(H2,20,21,22). The van der Waals surface area contributed by atoms with Crippen molar-refractivity contribution in [2.24, 2.45) is 4.99 Å². The van der Waals surface area contributed by atoms with Gasteiger partial charge in [-0.1, -0.05) is 24.1 Å². The van der Waals surface area contributed by atoms with Crippen LogP contribution in [0.4, 0.5) is 13.2 Å². The van der Waals surface area contributed by atoms with Crippen LogP contribution in [0, 0.1) is 12.3 Å². The molecular formula is C16H18F3N3O. The lowest BCUT2D eigenvalue weighted by molar-refractivity contribution is -0.274. The van der Waals surface area contributed by atoms with Crippen molar-refractivity contribution in [3.05, 3.63) is 29.8 Å². The Morgan fingerprint density at radius 1 is 1.43 bits per heavy atom. The van der Waals surface area contributed by atoms with E-state index in [-0.39, 0.29) is 24.3 Å². The topological polar surface area (TPSA) is 45.7 Å². The Balaban J connectivity index is 2.05. The fourth-order valence-corrected chi connectivity index (χ4v) is 2.32. The third kappa shape index (κ3) is 5.09. The van der Waals surface area contributed by atoms with E-state index in [9.17, 15) is 13.2 Å². The minimum Gasteiger partial charge on any atom is -0.405 e. The summed E-state index contributed by atoms with van der Waals surface area (Å²) < 4.78 is 41.5. The number of para-hydroxylation sites is 1. The summed E-state index contributed by atoms with van der Waals surface area (Å²) in [6, 6.07) is 6.21. The normalized spacial score (nSPS) is 20.6. The number of nitrogens with zero attached hydrogens (tertiary/aromatic N) is 1. The van der Waals surface area contributed by atoms with Gasteiger partial charge in [-0.2, -0.15) is 0 Å². The number of benzene rings is 1. The molecule has 0 radical (unpaired) electrons. The lowest BCUT2D eigenvalue weighted by Gasteiger charge is -2.14. The number of terminal acetylenes is 1. The van der Waals surface area contributed by atoms with E-state index in [1.54, 1.807) is 12.1 Å². The Morgan fingerprint density at radius 3 is 2.83 bits per heavy atom. The van der Waals surface area contributed by atoms with Gasteiger partial charge in [0.15, 0.2) is 5.96 Å². The molecule has 2 atom stereocenters. The largest absolute Gasteiger partial charge is 0.573 e. The van der Waals surface area contributed by atoms with Crippen LogP contribution in [0.2, 0.25) is 0 Å². The van der Waals surface area contributed by atoms with Gasteiger partial charge in [-0.15, -0.1) is 19.6 Å². The Kier molecular flexibility index (Phi) is 5.37. The fraction of sp³-hybridized carbons (Fsp3) is 0.438. The lowest BCUT2D eigenvalue weighted by Crippen LogP contribution is -2.39. The van der Waals surface area contributed by atoms with Crippen LogP contribution < -0.4 is 15.4 Å². The molecule has 2 rings (SSSR count). The number of aliphatic imine (C=N–C) groups is 1. The summed E-state index contributed by atoms with van der Waals surface area (Å²) in [5.41, 5.74) is 0.537. The summed E-state index contributed by atoms with van der Waals surface area (Å²) in [5, 5.41) is 6.22. The van der Waals surface area contributed by atoms with Gasteiger partial charge in [0.2, 0.25) is 0 Å². The van der Waals surface area contributed by atoms with Gasteiger partial charge in [0.05, 0.1) is 0 Å². The molecule has 0 aromatic heterocycles. The van der Waals surface area contributed by atoms with Gasteiger partial charge in [0, 0.05) is 18.5 Å². The summed E-state index contributed by atoms with van der Waals surface area (Å²) in [7, 11) is 0. The number of guanidine groups is 1. The molecule has 1 aliphatic rings. The minimum atomic E-state index is -4.70. The molecule has 0 heterocycles. The molecular weight excluding hydrogens is 307 g/mol. The molecule has 2 unspecified atom stereocenters. The lowest BCUT2D eigenvalue weighted by atomic mass is 10.1. The summed E-state index contributed by atoms with van der Waals surface area (Å²) in [5.74, 6) is 2.77. The number of rotatable bonds is 5. The predicted molar refractivity (Wildman–Crippen MR) is 82.2 cm³/mol. The van der Waals surface area contributed by atoms with Crippen molar-refractivity contribution >= 4 is 5.96 Å². The number of halogens is 3. The van der Waals surface area contributed by atoms with E-state index in [1.807, 2.05) is 6.92 Å². The first kappa shape index (κ1) is 17.0. The molecule has 1 aromatic carbocycles. The molecule has 2 N–H and O–H groups in total. The number of hydrogen-bond acceptors (Lipinski definition) is 2. The molecule has 124 valence electrons. The second-order valence-electron chi connectivity index (χ2n) is 5.08. The van der Waals surface area contributed by atoms with Gasteiger partial charge in [0.1, 0.15) is 12.3 Å². The van der Waals surface area contributed by atoms with Crippen molar-refractivity contribution in [2.75, 3.05) is 13.1 Å². The van der Waals surface area contributed by atoms with Gasteiger partial charge in [-0.05, 0) is 25.0 Å². The van der Waals surface area contributed by atoms with Crippen LogP contribution in [0.5, 0.6) is 5.75 Å². The number of hydrogen-bond donors (Lipinski definition) is 2. The molecule has 1 aliphatic carbocycles. The molecule has 7 heteroatoms. The molecule has 1 aromatic rings. The van der Waals surface area contributed by atoms with Gasteiger partial charge >= 0.3 is 6.36 Å². The molecule has 0 spiro atoms. The Bertz CT molecular complexity index is 607. The quantitative estimate of drug-likeness (QED) is 0.497. The Hall–Kier alpha value is -2.36. The van der Waals surface area contributed by atoms with E-state index in [1.165, 1.54) is 12.1 Å². The van der Waals surface area contributed by atoms with Crippen molar-refractivity contribution in [1.29, 1.82) is 0 Å². The van der Waals surface area contributed by atoms with Crippen molar-refractivity contribution in [3.8, 4) is 18.1 Å². The second-order valence-corrected chi connectivity index (χ2v) is 5.08. The second kappa shape index (κ2) is 7.27. The number of nitrogens with one attached hydrogen (secondary N) is 2. The number of ether oxygens (including phenoxy) is 1. The highest BCUT2D eigenvalue weighted by Gasteiger charge is 2.42. The maximum Gasteiger partial charge on any atom is 0.573 e. The minimum absolute atomic E-state index is 0.00329. The first-order valence-corrected chi connectivity index (χ1v) is 7.27. The maximum atomic E-state index is 12.5. The predicted octanol–water partition coefficient (Wildman–Crippen LogP) is 2.63. The van der Waals surface area contributed by atoms with Crippen LogP contribution in [-0.2, 0) is 0 Å². The van der Waals surface area contributed by atoms with Gasteiger partial charge < -0.3 is 15.4 Å². The summed E-state index contributed by atoms with van der Waals surface area (Å²) in [6.45, 7) is 2.83. The molecule has 0 aliphatic heterocycles. The molecule has 4 nitrogen and oxygen atoms in total. The number of alkyl halides is 3. The van der Waals surface area contributed by atoms with Crippen molar-refractivity contribution in [1.82, 2.24) is 10.6 Å². The van der Waals surface area contributed by atoms with Crippen molar-refractivity contribution in [2.45, 2.75) is 31.7 Å². The first-order valence-electron chi connectivity index (χ1n) is 7.27. The van der Waals surface area contributed by atoms with Crippen LogP contribution >= 0.6 is 0 Å². The SMILES string of the molecule is C#CCN=C(NCC)NC1CC1c1ccccc1OC(F)(F)F. The highest BCUT2D eigenvalue weighted by atomic mass is 19.4. The summed E-state index contributed by atoms with van der Waals surface area (Å²) in [6.07, 6.45) is 1.19. The maximum absolute atomic E-state index is 12.5. The molecule has 1 saturated carbocycles. The van der Waals surface area contributed by atoms with Crippen molar-refractivity contribution in [3.63, 3.8) is 0 Å². The third-order valence-electron chi connectivity index (χ3n) is 3.33. The van der Waals surface area contributed by atoms with Crippen LogP contribution in [0.3, 0.4) is 0 Å². The monoisotopic (exact) mass is 325 g/mol. The van der Waals surface area contributed by atoms with Crippen LogP contribution in [0.1, 0.15) is 24.8 Å². The average molecular weight is 325 g/mol. The van der Waals surface area contributed by atoms with E-state index in [0.29, 0.717) is 24.5 Å². The highest BCUT2D eigenvalue weighted by molar-refractivity contribution is 5.80. The van der Waals surface area contributed by atoms with Crippen LogP contribution in [0.15, 0.2) is 29.3 Å². The Labute approximate surface area is 133 Å². The molecule has 0 bridgehead atoms. The zero-order valence-corrected chi connectivity index (χ0v) is 12.7. The summed E-state index contributed by atoms with van der Waals surface area (Å²) in [4.78, 5) is 4.17. The first-order chi connectivity index (χ1) is 10.9. The van der Waals surface area contributed by atoms with E-state index in [4.69, 9.17) is 6.42 Å².